The number of furan rings is 2. The maximum atomic E-state index is 7.14. The lowest BCUT2D eigenvalue weighted by Crippen LogP contribution is -2.36. The van der Waals surface area contributed by atoms with Crippen LogP contribution in [0.25, 0.3) is 11.3 Å². The zero-order valence-corrected chi connectivity index (χ0v) is 54.4. The molecule has 0 aromatic carbocycles. The van der Waals surface area contributed by atoms with Crippen LogP contribution in [-0.4, -0.2) is 251 Å². The van der Waals surface area contributed by atoms with Crippen LogP contribution in [0.5, 0.6) is 0 Å². The van der Waals surface area contributed by atoms with E-state index in [2.05, 4.69) is 187 Å². The summed E-state index contributed by atoms with van der Waals surface area (Å²) in [4.78, 5) is 25.1. The summed E-state index contributed by atoms with van der Waals surface area (Å²) in [5, 5.41) is 0. The summed E-state index contributed by atoms with van der Waals surface area (Å²) in [6.07, 6.45) is 22.2. The maximum Gasteiger partial charge on any atom is 0.142 e. The van der Waals surface area contributed by atoms with Crippen molar-refractivity contribution >= 4 is 0 Å². The third-order valence-electron chi connectivity index (χ3n) is 16.2. The number of fused-ring (bicyclic) bond motifs is 3. The second-order valence-corrected chi connectivity index (χ2v) is 27.6. The molecule has 1 aliphatic carbocycles. The van der Waals surface area contributed by atoms with Crippen molar-refractivity contribution in [2.75, 3.05) is 202 Å². The molecule has 77 heavy (non-hydrogen) atoms. The van der Waals surface area contributed by atoms with Gasteiger partial charge in [0.2, 0.25) is 0 Å². The standard InChI is InChI=1S/C65H128N10O2/c1-63(2,3)59-55-57-61-58(56-60(76-61)64(4,5)6)65(62(57)77-59,35-23-19-21-25-43-72(45-27-37-66(7)8)46-28-38-67(9)10)36-24-20-22-26-44-73(51-33-53-74(47-29-39-68(11)12)48-30-40-69(13)14)52-34-54-75(49-31-41-70(15)16)50-32-42-71(17)18/h55-56H,19-54H2,1-18H3. The Morgan fingerprint density at radius 2 is 0.571 bits per heavy atom. The summed E-state index contributed by atoms with van der Waals surface area (Å²) >= 11 is 0. The van der Waals surface area contributed by atoms with Crippen molar-refractivity contribution in [3.05, 3.63) is 35.0 Å². The number of nitrogens with zero attached hydrogens (tertiary/aromatic N) is 10. The predicted octanol–water partition coefficient (Wildman–Crippen LogP) is 11.3. The van der Waals surface area contributed by atoms with E-state index in [1.54, 1.807) is 0 Å². The molecule has 0 spiro atoms. The van der Waals surface area contributed by atoms with E-state index in [0.717, 1.165) is 69.4 Å². The van der Waals surface area contributed by atoms with Gasteiger partial charge in [-0.05, 0) is 292 Å². The maximum absolute atomic E-state index is 7.14. The van der Waals surface area contributed by atoms with Crippen LogP contribution in [-0.2, 0) is 16.2 Å². The summed E-state index contributed by atoms with van der Waals surface area (Å²) in [7, 11) is 26.5. The summed E-state index contributed by atoms with van der Waals surface area (Å²) in [6.45, 7) is 35.2. The molecule has 1 unspecified atom stereocenters. The molecule has 0 radical (unpaired) electrons. The van der Waals surface area contributed by atoms with Crippen LogP contribution in [0.2, 0.25) is 0 Å². The molecule has 0 amide bonds. The quantitative estimate of drug-likeness (QED) is 0.0594. The highest BCUT2D eigenvalue weighted by Gasteiger charge is 2.49. The van der Waals surface area contributed by atoms with Gasteiger partial charge in [-0.3, -0.25) is 0 Å². The molecule has 2 aromatic heterocycles. The molecule has 0 bridgehead atoms. The third-order valence-corrected chi connectivity index (χ3v) is 16.2. The zero-order chi connectivity index (χ0) is 57.0. The van der Waals surface area contributed by atoms with E-state index in [1.807, 2.05) is 0 Å². The van der Waals surface area contributed by atoms with Crippen molar-refractivity contribution in [2.24, 2.45) is 0 Å². The molecule has 2 aromatic rings. The molecule has 2 heterocycles. The van der Waals surface area contributed by atoms with Crippen LogP contribution in [0, 0.1) is 0 Å². The van der Waals surface area contributed by atoms with E-state index >= 15 is 0 Å². The topological polar surface area (TPSA) is 58.7 Å². The molecule has 1 aliphatic rings. The van der Waals surface area contributed by atoms with Gasteiger partial charge in [-0.15, -0.1) is 0 Å². The molecule has 12 heteroatoms. The number of hydrogen-bond donors (Lipinski definition) is 0. The van der Waals surface area contributed by atoms with Crippen molar-refractivity contribution in [3.63, 3.8) is 0 Å². The minimum absolute atomic E-state index is 0.0590. The van der Waals surface area contributed by atoms with Gasteiger partial charge >= 0.3 is 0 Å². The molecular weight excluding hydrogens is 953 g/mol. The Morgan fingerprint density at radius 3 is 0.857 bits per heavy atom. The van der Waals surface area contributed by atoms with Gasteiger partial charge in [-0.25, -0.2) is 0 Å². The Bertz CT molecular complexity index is 1650. The molecule has 12 nitrogen and oxygen atoms in total. The van der Waals surface area contributed by atoms with Gasteiger partial charge in [0.15, 0.2) is 0 Å². The monoisotopic (exact) mass is 1080 g/mol. The smallest absolute Gasteiger partial charge is 0.142 e. The van der Waals surface area contributed by atoms with Crippen LogP contribution in [0.1, 0.15) is 180 Å². The molecule has 1 atom stereocenters. The molecule has 0 aliphatic heterocycles. The van der Waals surface area contributed by atoms with Crippen molar-refractivity contribution in [1.82, 2.24) is 49.0 Å². The SMILES string of the molecule is CN(C)CCCN(CCCCCCC1(CCCCCCN(CCCN(CCCN(C)C)CCCN(C)C)CCCN(CCCN(C)C)CCCN(C)C)c2cc(C(C)(C)C)oc2-c2cc(C(C)(C)C)oc21)CCCN(C)C. The Hall–Kier alpha value is -1.84. The summed E-state index contributed by atoms with van der Waals surface area (Å²) in [5.74, 6) is 4.49. The zero-order valence-electron chi connectivity index (χ0n) is 54.4. The lowest BCUT2D eigenvalue weighted by molar-refractivity contribution is 0.193. The van der Waals surface area contributed by atoms with Gasteiger partial charge < -0.3 is 57.8 Å². The van der Waals surface area contributed by atoms with E-state index in [9.17, 15) is 0 Å². The van der Waals surface area contributed by atoms with Crippen LogP contribution in [0.3, 0.4) is 0 Å². The highest BCUT2D eigenvalue weighted by Crippen LogP contribution is 2.58. The van der Waals surface area contributed by atoms with Crippen molar-refractivity contribution in [3.8, 4) is 11.3 Å². The van der Waals surface area contributed by atoms with Gasteiger partial charge in [0.05, 0.1) is 11.0 Å². The highest BCUT2D eigenvalue weighted by atomic mass is 16.4. The average Bonchev–Trinajstić information content (AvgIpc) is 4.05. The Balaban J connectivity index is 1.77. The van der Waals surface area contributed by atoms with Crippen molar-refractivity contribution in [2.45, 2.75) is 173 Å². The van der Waals surface area contributed by atoms with E-state index in [4.69, 9.17) is 8.83 Å². The number of hydrogen-bond acceptors (Lipinski definition) is 12. The molecule has 3 rings (SSSR count). The van der Waals surface area contributed by atoms with E-state index in [-0.39, 0.29) is 16.2 Å². The van der Waals surface area contributed by atoms with Crippen molar-refractivity contribution in [1.29, 1.82) is 0 Å². The van der Waals surface area contributed by atoms with E-state index in [0.29, 0.717) is 0 Å². The number of rotatable bonds is 46. The number of unbranched alkanes of at least 4 members (excludes halogenated alkanes) is 6. The summed E-state index contributed by atoms with van der Waals surface area (Å²) < 4.78 is 14.1. The van der Waals surface area contributed by atoms with Gasteiger partial charge in [0.1, 0.15) is 23.0 Å². The first kappa shape index (κ1) is 69.4. The average molecular weight is 1080 g/mol. The van der Waals surface area contributed by atoms with Gasteiger partial charge in [0, 0.05) is 16.4 Å². The first-order valence-electron chi connectivity index (χ1n) is 31.5. The molecule has 0 saturated carbocycles. The predicted molar refractivity (Wildman–Crippen MR) is 335 cm³/mol. The van der Waals surface area contributed by atoms with Crippen LogP contribution in [0.15, 0.2) is 21.0 Å². The van der Waals surface area contributed by atoms with E-state index in [1.165, 1.54) is 198 Å². The van der Waals surface area contributed by atoms with Crippen LogP contribution < -0.4 is 0 Å². The first-order valence-corrected chi connectivity index (χ1v) is 31.5. The second kappa shape index (κ2) is 36.6. The summed E-state index contributed by atoms with van der Waals surface area (Å²) in [6, 6.07) is 4.80. The van der Waals surface area contributed by atoms with Gasteiger partial charge in [-0.1, -0.05) is 80.1 Å². The normalized spacial score (nSPS) is 15.4. The molecular formula is C65H128N10O2. The Labute approximate surface area is 477 Å². The van der Waals surface area contributed by atoms with E-state index < -0.39 is 0 Å². The van der Waals surface area contributed by atoms with Crippen LogP contribution >= 0.6 is 0 Å². The molecule has 0 N–H and O–H groups in total. The minimum atomic E-state index is -0.145. The minimum Gasteiger partial charge on any atom is -0.464 e. The Morgan fingerprint density at radius 1 is 0.312 bits per heavy atom. The fourth-order valence-corrected chi connectivity index (χ4v) is 11.6. The molecule has 450 valence electrons. The summed E-state index contributed by atoms with van der Waals surface area (Å²) in [5.41, 5.74) is 2.36. The lowest BCUT2D eigenvalue weighted by Gasteiger charge is -2.30. The molecule has 0 fully saturated rings. The fraction of sp³-hybridized carbons (Fsp3) is 0.877. The van der Waals surface area contributed by atoms with Gasteiger partial charge in [0.25, 0.3) is 0 Å². The van der Waals surface area contributed by atoms with Gasteiger partial charge in [-0.2, -0.15) is 0 Å². The van der Waals surface area contributed by atoms with Crippen molar-refractivity contribution < 1.29 is 8.83 Å². The second-order valence-electron chi connectivity index (χ2n) is 27.6. The van der Waals surface area contributed by atoms with Crippen LogP contribution in [0.4, 0.5) is 0 Å². The molecule has 0 saturated heterocycles. The lowest BCUT2D eigenvalue weighted by atomic mass is 9.73. The Kier molecular flexibility index (Phi) is 33.0. The first-order chi connectivity index (χ1) is 36.4. The third kappa shape index (κ3) is 27.7. The largest absolute Gasteiger partial charge is 0.464 e. The highest BCUT2D eigenvalue weighted by molar-refractivity contribution is 5.76. The fourth-order valence-electron chi connectivity index (χ4n) is 11.6.